The lowest BCUT2D eigenvalue weighted by Crippen LogP contribution is -2.53. The fourth-order valence-corrected chi connectivity index (χ4v) is 5.79. The van der Waals surface area contributed by atoms with Gasteiger partial charge in [0.25, 0.3) is 0 Å². The molecule has 1 aromatic heterocycles. The second kappa shape index (κ2) is 11.5. The summed E-state index contributed by atoms with van der Waals surface area (Å²) >= 11 is 5.64. The number of hydrogen-bond acceptors (Lipinski definition) is 13. The normalized spacial score (nSPS) is 20.7. The van der Waals surface area contributed by atoms with Gasteiger partial charge in [-0.2, -0.15) is 13.6 Å². The van der Waals surface area contributed by atoms with Crippen LogP contribution in [0.15, 0.2) is 20.9 Å². The molecule has 1 aromatic rings. The number of alkyl halides is 2. The molecular formula is C10H15ClF2N5O13P3. The van der Waals surface area contributed by atoms with Crippen LogP contribution in [0.3, 0.4) is 0 Å². The van der Waals surface area contributed by atoms with Crippen molar-refractivity contribution in [2.45, 2.75) is 18.0 Å². The highest BCUT2D eigenvalue weighted by Crippen LogP contribution is 2.70. The molecule has 0 aliphatic heterocycles. The molecule has 18 nitrogen and oxygen atoms in total. The maximum Gasteiger partial charge on any atom is 0.507 e. The summed E-state index contributed by atoms with van der Waals surface area (Å²) in [4.78, 5) is 57.0. The van der Waals surface area contributed by atoms with Gasteiger partial charge in [0.1, 0.15) is 11.7 Å². The molecule has 1 heterocycles. The number of nitrogens with zero attached hydrogens (tertiary/aromatic N) is 4. The van der Waals surface area contributed by atoms with E-state index in [0.29, 0.717) is 0 Å². The first-order valence-electron chi connectivity index (χ1n) is 8.01. The minimum absolute atomic E-state index is 0.0602. The quantitative estimate of drug-likeness (QED) is 0.137. The summed E-state index contributed by atoms with van der Waals surface area (Å²) in [7, 11) is -16.5. The third-order valence-corrected chi connectivity index (χ3v) is 8.36. The summed E-state index contributed by atoms with van der Waals surface area (Å²) in [6, 6.07) is 0. The summed E-state index contributed by atoms with van der Waals surface area (Å²) in [6.07, 6.45) is -5.20. The summed E-state index contributed by atoms with van der Waals surface area (Å²) in [5.41, 5.74) is 1.07. The molecule has 5 N–H and O–H groups in total. The molecule has 194 valence electrons. The van der Waals surface area contributed by atoms with Crippen LogP contribution in [0.25, 0.3) is 0 Å². The van der Waals surface area contributed by atoms with E-state index in [-0.39, 0.29) is 10.8 Å². The average Bonchev–Trinajstić information content (AvgIpc) is 2.75. The Labute approximate surface area is 191 Å². The van der Waals surface area contributed by atoms with Crippen LogP contribution in [-0.2, 0) is 31.6 Å². The maximum atomic E-state index is 14.8. The van der Waals surface area contributed by atoms with Gasteiger partial charge in [0.2, 0.25) is 6.30 Å². The molecule has 0 aromatic carbocycles. The number of anilines is 1. The van der Waals surface area contributed by atoms with E-state index in [4.69, 9.17) is 27.0 Å². The van der Waals surface area contributed by atoms with Gasteiger partial charge < -0.3 is 25.4 Å². The third-order valence-electron chi connectivity index (χ3n) is 3.72. The molecule has 3 unspecified atom stereocenters. The van der Waals surface area contributed by atoms with E-state index in [0.717, 1.165) is 7.11 Å². The second-order valence-corrected chi connectivity index (χ2v) is 10.9. The Morgan fingerprint density at radius 1 is 1.29 bits per heavy atom. The molecule has 0 saturated carbocycles. The average molecular weight is 580 g/mol. The second-order valence-electron chi connectivity index (χ2n) is 5.91. The van der Waals surface area contributed by atoms with Crippen molar-refractivity contribution < 1.29 is 55.3 Å². The van der Waals surface area contributed by atoms with Crippen molar-refractivity contribution >= 4 is 40.7 Å². The van der Waals surface area contributed by atoms with Gasteiger partial charge in [-0.1, -0.05) is 0 Å². The number of aliphatic hydroxyl groups is 1. The Morgan fingerprint density at radius 2 is 1.88 bits per heavy atom. The van der Waals surface area contributed by atoms with Crippen molar-refractivity contribution in [1.82, 2.24) is 9.55 Å². The molecule has 24 heteroatoms. The molecule has 0 saturated heterocycles. The Hall–Kier alpha value is -1.56. The van der Waals surface area contributed by atoms with E-state index in [9.17, 15) is 47.1 Å². The molecule has 34 heavy (non-hydrogen) atoms. The van der Waals surface area contributed by atoms with Gasteiger partial charge in [-0.3, -0.25) is 9.09 Å². The van der Waals surface area contributed by atoms with Gasteiger partial charge in [0, 0.05) is 17.0 Å². The molecule has 0 spiro atoms. The van der Waals surface area contributed by atoms with E-state index in [2.05, 4.69) is 18.1 Å². The monoisotopic (exact) mass is 579 g/mol. The van der Waals surface area contributed by atoms with Crippen molar-refractivity contribution in [2.75, 3.05) is 25.3 Å². The highest BCUT2D eigenvalue weighted by atomic mass is 35.5. The zero-order valence-corrected chi connectivity index (χ0v) is 19.9. The minimum atomic E-state index is -5.86. The molecular weight excluding hydrogens is 565 g/mol. The SMILES string of the molecule is CO[C@](CCl)(COP(=O)(O)OP(=O)(N=O)OP(=O)(O)N=O)[C@@H](O)[C@@H](F)n1cc(F)c(N)nc1=O. The van der Waals surface area contributed by atoms with Crippen LogP contribution in [0, 0.1) is 15.6 Å². The van der Waals surface area contributed by atoms with Gasteiger partial charge in [-0.05, 0) is 0 Å². The number of nitroso groups, excluding NO2 is 2. The van der Waals surface area contributed by atoms with Gasteiger partial charge in [-0.25, -0.2) is 27.3 Å². The van der Waals surface area contributed by atoms with E-state index in [1.807, 2.05) is 0 Å². The summed E-state index contributed by atoms with van der Waals surface area (Å²) in [5.74, 6) is -3.19. The number of halogens is 3. The van der Waals surface area contributed by atoms with Crippen LogP contribution < -0.4 is 11.4 Å². The summed E-state index contributed by atoms with van der Waals surface area (Å²) < 4.78 is 79.7. The predicted molar refractivity (Wildman–Crippen MR) is 106 cm³/mol. The standard InChI is InChI=1S/C10H15ClF2N5O13P3/c1-28-10(3-11,6(19)7(13)18-2-5(12)8(14)15-9(18)20)4-29-34(26,27)31-33(25,17-22)30-32(23,24)16-21/h2,6-7,19H,3-4H2,1H3,(H,23,24)(H,26,27)(H2,14,15,20)/t6-,7-,10+,33?/m0/s1. The topological polar surface area (TPSA) is 269 Å². The first kappa shape index (κ1) is 30.5. The molecule has 0 aliphatic carbocycles. The lowest BCUT2D eigenvalue weighted by Gasteiger charge is -2.36. The minimum Gasteiger partial charge on any atom is -0.385 e. The van der Waals surface area contributed by atoms with Crippen LogP contribution in [0.4, 0.5) is 14.6 Å². The van der Waals surface area contributed by atoms with Crippen molar-refractivity contribution in [3.8, 4) is 0 Å². The smallest absolute Gasteiger partial charge is 0.385 e. The number of nitrogens with two attached hydrogens (primary N) is 1. The first-order valence-corrected chi connectivity index (χ1v) is 13.1. The number of aromatic nitrogens is 2. The Kier molecular flexibility index (Phi) is 10.3. The van der Waals surface area contributed by atoms with Crippen molar-refractivity contribution in [3.63, 3.8) is 0 Å². The Balaban J connectivity index is 3.17. The first-order chi connectivity index (χ1) is 15.5. The van der Waals surface area contributed by atoms with Crippen molar-refractivity contribution in [2.24, 2.45) is 9.89 Å². The van der Waals surface area contributed by atoms with Crippen LogP contribution in [-0.4, -0.2) is 55.7 Å². The van der Waals surface area contributed by atoms with Gasteiger partial charge in [0.05, 0.1) is 18.7 Å². The van der Waals surface area contributed by atoms with Gasteiger partial charge >= 0.3 is 29.0 Å². The van der Waals surface area contributed by atoms with E-state index in [1.54, 1.807) is 4.95 Å². The van der Waals surface area contributed by atoms with Gasteiger partial charge in [0.15, 0.2) is 11.6 Å². The fourth-order valence-electron chi connectivity index (χ4n) is 2.01. The van der Waals surface area contributed by atoms with Crippen LogP contribution in [0.1, 0.15) is 6.30 Å². The third kappa shape index (κ3) is 7.47. The fraction of sp³-hybridized carbons (Fsp3) is 0.600. The number of phosphoric ester groups is 1. The predicted octanol–water partition coefficient (Wildman–Crippen LogP) is 1.31. The van der Waals surface area contributed by atoms with E-state index in [1.165, 1.54) is 4.95 Å². The number of aliphatic hydroxyl groups excluding tert-OH is 1. The zero-order valence-electron chi connectivity index (χ0n) is 16.4. The number of methoxy groups -OCH3 is 1. The molecule has 0 radical (unpaired) electrons. The van der Waals surface area contributed by atoms with Crippen LogP contribution in [0.2, 0.25) is 0 Å². The number of hydrogen-bond donors (Lipinski definition) is 4. The summed E-state index contributed by atoms with van der Waals surface area (Å²) in [5, 5.41) is 10.3. The van der Waals surface area contributed by atoms with Crippen molar-refractivity contribution in [3.05, 3.63) is 32.3 Å². The zero-order chi connectivity index (χ0) is 26.5. The molecule has 1 rings (SSSR count). The van der Waals surface area contributed by atoms with E-state index >= 15 is 0 Å². The molecule has 0 bridgehead atoms. The Bertz CT molecular complexity index is 1120. The maximum absolute atomic E-state index is 14.8. The van der Waals surface area contributed by atoms with Crippen LogP contribution >= 0.6 is 34.9 Å². The lowest BCUT2D eigenvalue weighted by molar-refractivity contribution is -0.149. The van der Waals surface area contributed by atoms with Crippen molar-refractivity contribution in [1.29, 1.82) is 0 Å². The number of ether oxygens (including phenoxy) is 1. The molecule has 0 aliphatic rings. The molecule has 6 atom stereocenters. The number of phosphoric acid groups is 1. The highest BCUT2D eigenvalue weighted by molar-refractivity contribution is 7.70. The summed E-state index contributed by atoms with van der Waals surface area (Å²) in [6.45, 7) is -1.43. The largest absolute Gasteiger partial charge is 0.507 e. The number of rotatable bonds is 14. The molecule has 0 amide bonds. The highest BCUT2D eigenvalue weighted by Gasteiger charge is 2.49. The molecule has 0 fully saturated rings. The van der Waals surface area contributed by atoms with E-state index < -0.39 is 71.1 Å². The number of nitrogen functional groups attached to an aromatic ring is 1. The Morgan fingerprint density at radius 3 is 2.35 bits per heavy atom. The van der Waals surface area contributed by atoms with Crippen LogP contribution in [0.5, 0.6) is 0 Å². The van der Waals surface area contributed by atoms with Gasteiger partial charge in [-0.15, -0.1) is 21.4 Å². The lowest BCUT2D eigenvalue weighted by atomic mass is 9.98.